The third-order valence-corrected chi connectivity index (χ3v) is 8.04. The number of hydrogen-bond donors (Lipinski definition) is 1. The molecule has 0 spiro atoms. The number of thiophene rings is 1. The van der Waals surface area contributed by atoms with Crippen LogP contribution in [0.3, 0.4) is 0 Å². The number of piperidine rings is 2. The van der Waals surface area contributed by atoms with E-state index < -0.39 is 0 Å². The largest absolute Gasteiger partial charge is 0.342 e. The van der Waals surface area contributed by atoms with E-state index in [9.17, 15) is 9.59 Å². The molecule has 0 unspecified atom stereocenters. The summed E-state index contributed by atoms with van der Waals surface area (Å²) in [6, 6.07) is 2.62. The third kappa shape index (κ3) is 4.13. The SMILES string of the molecule is CNCC(=O)N1CCC(c2cc(C(=O)N3CCC[C@@H]4CCCC[C@@H]43)cs2)CC1. The fraction of sp³-hybridized carbons (Fsp3) is 0.727. The minimum absolute atomic E-state index is 0.190. The van der Waals surface area contributed by atoms with Crippen molar-refractivity contribution in [3.05, 3.63) is 21.9 Å². The smallest absolute Gasteiger partial charge is 0.254 e. The molecule has 3 heterocycles. The molecule has 0 radical (unpaired) electrons. The van der Waals surface area contributed by atoms with E-state index in [1.54, 1.807) is 11.3 Å². The molecule has 6 heteroatoms. The molecule has 0 bridgehead atoms. The van der Waals surface area contributed by atoms with Crippen molar-refractivity contribution in [1.82, 2.24) is 15.1 Å². The molecule has 4 rings (SSSR count). The van der Waals surface area contributed by atoms with Gasteiger partial charge >= 0.3 is 0 Å². The van der Waals surface area contributed by atoms with Crippen LogP contribution in [0, 0.1) is 5.92 Å². The standard InChI is InChI=1S/C22H33N3O2S/c1-23-14-21(26)24-11-8-17(9-12-24)20-13-18(15-28-20)22(27)25-10-4-6-16-5-2-3-7-19(16)25/h13,15-17,19,23H,2-12,14H2,1H3/t16-,19-/m0/s1. The number of fused-ring (bicyclic) bond motifs is 1. The second-order valence-electron chi connectivity index (χ2n) is 8.68. The Bertz CT molecular complexity index is 694. The molecular formula is C22H33N3O2S. The van der Waals surface area contributed by atoms with Gasteiger partial charge in [-0.15, -0.1) is 11.3 Å². The molecule has 0 aromatic carbocycles. The molecular weight excluding hydrogens is 370 g/mol. The molecule has 1 saturated carbocycles. The lowest BCUT2D eigenvalue weighted by molar-refractivity contribution is -0.131. The van der Waals surface area contributed by atoms with E-state index >= 15 is 0 Å². The summed E-state index contributed by atoms with van der Waals surface area (Å²) in [4.78, 5) is 30.8. The van der Waals surface area contributed by atoms with Gasteiger partial charge in [-0.1, -0.05) is 12.8 Å². The van der Waals surface area contributed by atoms with Crippen molar-refractivity contribution in [1.29, 1.82) is 0 Å². The zero-order chi connectivity index (χ0) is 19.5. The normalized spacial score (nSPS) is 26.2. The van der Waals surface area contributed by atoms with Gasteiger partial charge in [0.25, 0.3) is 5.91 Å². The third-order valence-electron chi connectivity index (χ3n) is 6.95. The average Bonchev–Trinajstić information content (AvgIpc) is 3.23. The lowest BCUT2D eigenvalue weighted by Crippen LogP contribution is -2.49. The van der Waals surface area contributed by atoms with Gasteiger partial charge in [0.05, 0.1) is 12.1 Å². The van der Waals surface area contributed by atoms with Crippen molar-refractivity contribution >= 4 is 23.2 Å². The van der Waals surface area contributed by atoms with Crippen LogP contribution in [0.4, 0.5) is 0 Å². The quantitative estimate of drug-likeness (QED) is 0.838. The highest BCUT2D eigenvalue weighted by molar-refractivity contribution is 7.10. The predicted octanol–water partition coefficient (Wildman–Crippen LogP) is 3.47. The first-order chi connectivity index (χ1) is 13.7. The van der Waals surface area contributed by atoms with Gasteiger partial charge in [-0.05, 0) is 63.5 Å². The fourth-order valence-corrected chi connectivity index (χ4v) is 6.45. The molecule has 1 N–H and O–H groups in total. The van der Waals surface area contributed by atoms with Crippen LogP contribution in [0.1, 0.15) is 72.5 Å². The highest BCUT2D eigenvalue weighted by Gasteiger charge is 2.36. The second kappa shape index (κ2) is 8.95. The Hall–Kier alpha value is -1.40. The van der Waals surface area contributed by atoms with Crippen LogP contribution in [-0.4, -0.2) is 60.9 Å². The maximum absolute atomic E-state index is 13.2. The molecule has 2 aliphatic heterocycles. The van der Waals surface area contributed by atoms with Gasteiger partial charge in [0.2, 0.25) is 5.91 Å². The van der Waals surface area contributed by atoms with Gasteiger partial charge in [0.1, 0.15) is 0 Å². The molecule has 1 aromatic rings. The van der Waals surface area contributed by atoms with Crippen LogP contribution in [0.15, 0.2) is 11.4 Å². The molecule has 1 aromatic heterocycles. The monoisotopic (exact) mass is 403 g/mol. The Labute approximate surface area is 172 Å². The molecule has 2 saturated heterocycles. The minimum Gasteiger partial charge on any atom is -0.342 e. The summed E-state index contributed by atoms with van der Waals surface area (Å²) in [5.41, 5.74) is 0.889. The van der Waals surface area contributed by atoms with Gasteiger partial charge in [-0.2, -0.15) is 0 Å². The number of carbonyl (C=O) groups is 2. The van der Waals surface area contributed by atoms with E-state index in [0.717, 1.165) is 50.4 Å². The van der Waals surface area contributed by atoms with Crippen LogP contribution < -0.4 is 5.32 Å². The zero-order valence-corrected chi connectivity index (χ0v) is 17.8. The van der Waals surface area contributed by atoms with Gasteiger partial charge in [-0.25, -0.2) is 0 Å². The number of nitrogens with one attached hydrogen (secondary N) is 1. The van der Waals surface area contributed by atoms with Crippen LogP contribution in [0.2, 0.25) is 0 Å². The predicted molar refractivity (Wildman–Crippen MR) is 113 cm³/mol. The van der Waals surface area contributed by atoms with Crippen molar-refractivity contribution in [3.8, 4) is 0 Å². The highest BCUT2D eigenvalue weighted by Crippen LogP contribution is 2.37. The number of likely N-dealkylation sites (tertiary alicyclic amines) is 2. The molecule has 154 valence electrons. The Morgan fingerprint density at radius 1 is 1.07 bits per heavy atom. The number of hydrogen-bond acceptors (Lipinski definition) is 4. The Morgan fingerprint density at radius 3 is 2.61 bits per heavy atom. The molecule has 2 amide bonds. The molecule has 28 heavy (non-hydrogen) atoms. The van der Waals surface area contributed by atoms with Gasteiger partial charge in [0.15, 0.2) is 0 Å². The summed E-state index contributed by atoms with van der Waals surface area (Å²) in [5, 5.41) is 5.02. The summed E-state index contributed by atoms with van der Waals surface area (Å²) >= 11 is 1.73. The van der Waals surface area contributed by atoms with Crippen LogP contribution >= 0.6 is 11.3 Å². The molecule has 2 atom stereocenters. The Balaban J connectivity index is 1.38. The number of nitrogens with zero attached hydrogens (tertiary/aromatic N) is 2. The summed E-state index contributed by atoms with van der Waals surface area (Å²) in [5.74, 6) is 1.65. The minimum atomic E-state index is 0.190. The van der Waals surface area contributed by atoms with Crippen molar-refractivity contribution in [2.45, 2.75) is 63.3 Å². The molecule has 1 aliphatic carbocycles. The van der Waals surface area contributed by atoms with Crippen LogP contribution in [0.5, 0.6) is 0 Å². The van der Waals surface area contributed by atoms with Crippen molar-refractivity contribution in [3.63, 3.8) is 0 Å². The number of carbonyl (C=O) groups excluding carboxylic acids is 2. The Morgan fingerprint density at radius 2 is 1.82 bits per heavy atom. The summed E-state index contributed by atoms with van der Waals surface area (Å²) < 4.78 is 0. The van der Waals surface area contributed by atoms with Gasteiger partial charge in [-0.3, -0.25) is 9.59 Å². The summed E-state index contributed by atoms with van der Waals surface area (Å²) in [6.07, 6.45) is 9.54. The van der Waals surface area contributed by atoms with Crippen LogP contribution in [-0.2, 0) is 4.79 Å². The molecule has 5 nitrogen and oxygen atoms in total. The van der Waals surface area contributed by atoms with E-state index in [1.165, 1.54) is 37.0 Å². The second-order valence-corrected chi connectivity index (χ2v) is 9.62. The highest BCUT2D eigenvalue weighted by atomic mass is 32.1. The van der Waals surface area contributed by atoms with E-state index in [-0.39, 0.29) is 11.8 Å². The zero-order valence-electron chi connectivity index (χ0n) is 17.0. The number of rotatable bonds is 4. The van der Waals surface area contributed by atoms with Gasteiger partial charge in [0, 0.05) is 35.9 Å². The molecule has 3 fully saturated rings. The van der Waals surface area contributed by atoms with Crippen molar-refractivity contribution in [2.24, 2.45) is 5.92 Å². The first-order valence-corrected chi connectivity index (χ1v) is 11.9. The maximum atomic E-state index is 13.2. The molecule has 3 aliphatic rings. The topological polar surface area (TPSA) is 52.7 Å². The first kappa shape index (κ1) is 19.9. The lowest BCUT2D eigenvalue weighted by Gasteiger charge is -2.44. The maximum Gasteiger partial charge on any atom is 0.254 e. The van der Waals surface area contributed by atoms with E-state index in [4.69, 9.17) is 0 Å². The first-order valence-electron chi connectivity index (χ1n) is 11.0. The van der Waals surface area contributed by atoms with Crippen molar-refractivity contribution < 1.29 is 9.59 Å². The fourth-order valence-electron chi connectivity index (χ4n) is 5.40. The van der Waals surface area contributed by atoms with E-state index in [1.807, 2.05) is 11.9 Å². The summed E-state index contributed by atoms with van der Waals surface area (Å²) in [6.45, 7) is 2.99. The van der Waals surface area contributed by atoms with E-state index in [0.29, 0.717) is 18.5 Å². The number of likely N-dealkylation sites (N-methyl/N-ethyl adjacent to an activating group) is 1. The number of amides is 2. The van der Waals surface area contributed by atoms with E-state index in [2.05, 4.69) is 21.7 Å². The van der Waals surface area contributed by atoms with Crippen LogP contribution in [0.25, 0.3) is 0 Å². The van der Waals surface area contributed by atoms with Crippen molar-refractivity contribution in [2.75, 3.05) is 33.2 Å². The van der Waals surface area contributed by atoms with Gasteiger partial charge < -0.3 is 15.1 Å². The average molecular weight is 404 g/mol. The Kier molecular flexibility index (Phi) is 6.36. The summed E-state index contributed by atoms with van der Waals surface area (Å²) in [7, 11) is 1.81. The lowest BCUT2D eigenvalue weighted by atomic mass is 9.78.